The van der Waals surface area contributed by atoms with Gasteiger partial charge in [-0.1, -0.05) is 0 Å². The number of benzene rings is 1. The van der Waals surface area contributed by atoms with Crippen LogP contribution in [0, 0.1) is 22.3 Å². The predicted octanol–water partition coefficient (Wildman–Crippen LogP) is -2.52. The number of nitrogens with zero attached hydrogens (tertiary/aromatic N) is 5. The highest BCUT2D eigenvalue weighted by Gasteiger charge is 2.45. The number of hydrogen-bond acceptors (Lipinski definition) is 22. The number of hydroxylamine groups is 3. The molecule has 10 atom stereocenters. The van der Waals surface area contributed by atoms with E-state index in [2.05, 4.69) is 42.3 Å². The lowest BCUT2D eigenvalue weighted by molar-refractivity contribution is -0.237. The second-order valence-corrected chi connectivity index (χ2v) is 24.8. The summed E-state index contributed by atoms with van der Waals surface area (Å²) in [7, 11) is 0. The highest BCUT2D eigenvalue weighted by Crippen LogP contribution is 2.36. The molecule has 1 saturated carbocycles. The van der Waals surface area contributed by atoms with Crippen molar-refractivity contribution in [3.8, 4) is 0 Å². The van der Waals surface area contributed by atoms with Crippen LogP contribution in [0.5, 0.6) is 0 Å². The lowest BCUT2D eigenvalue weighted by Crippen LogP contribution is -2.60. The largest absolute Gasteiger partial charge is 0.767 e. The highest BCUT2D eigenvalue weighted by atomic mass is 32.2. The number of amides is 10. The van der Waals surface area contributed by atoms with Crippen molar-refractivity contribution >= 4 is 105 Å². The lowest BCUT2D eigenvalue weighted by Gasteiger charge is -2.33. The van der Waals surface area contributed by atoms with E-state index in [0.29, 0.717) is 68.4 Å². The molecule has 2 bridgehead atoms. The number of likely N-dealkylation sites (tertiary alicyclic amines) is 1. The number of aromatic nitrogens is 1. The number of rotatable bonds is 14. The number of carbonyl (C=O) groups is 11. The Bertz CT molecular complexity index is 2890. The summed E-state index contributed by atoms with van der Waals surface area (Å²) in [5.74, 6) is -8.58. The number of imide groups is 1. The number of hydrazine groups is 2. The Labute approximate surface area is 490 Å². The first-order chi connectivity index (χ1) is 39.8. The maximum Gasteiger partial charge on any atom is 0.337 e. The molecule has 84 heavy (non-hydrogen) atoms. The van der Waals surface area contributed by atoms with Gasteiger partial charge in [0, 0.05) is 80.6 Å². The van der Waals surface area contributed by atoms with Crippen LogP contribution in [-0.4, -0.2) is 214 Å². The smallest absolute Gasteiger partial charge is 0.337 e. The molecule has 6 aliphatic rings. The van der Waals surface area contributed by atoms with E-state index in [1.54, 1.807) is 18.2 Å². The monoisotopic (exact) mass is 1210 g/mol. The molecule has 460 valence electrons. The third kappa shape index (κ3) is 15.2. The molecule has 1 aromatic heterocycles. The number of nitrogens with one attached hydrogen (secondary N) is 8. The average molecular weight is 1210 g/mol. The summed E-state index contributed by atoms with van der Waals surface area (Å²) in [4.78, 5) is 160. The van der Waals surface area contributed by atoms with E-state index < -0.39 is 131 Å². The molecule has 1 aromatic carbocycles. The number of H-pyrrole nitrogens is 1. The predicted molar refractivity (Wildman–Crippen MR) is 299 cm³/mol. The van der Waals surface area contributed by atoms with Crippen molar-refractivity contribution in [2.75, 3.05) is 49.7 Å². The van der Waals surface area contributed by atoms with Gasteiger partial charge in [0.05, 0.1) is 34.5 Å². The molecule has 0 spiro atoms. The fraction of sp³-hybridized carbons (Fsp3) is 0.635. The Morgan fingerprint density at radius 3 is 2.17 bits per heavy atom. The maximum absolute atomic E-state index is 14.7. The van der Waals surface area contributed by atoms with Gasteiger partial charge in [-0.3, -0.25) is 63.2 Å². The van der Waals surface area contributed by atoms with Gasteiger partial charge in [0.25, 0.3) is 5.91 Å². The fourth-order valence-electron chi connectivity index (χ4n) is 10.8. The lowest BCUT2D eigenvalue weighted by atomic mass is 9.82. The van der Waals surface area contributed by atoms with E-state index in [9.17, 15) is 78.5 Å². The number of thioether (sulfide) groups is 2. The third-order valence-corrected chi connectivity index (χ3v) is 18.1. The van der Waals surface area contributed by atoms with Crippen molar-refractivity contribution in [1.82, 2.24) is 62.2 Å². The van der Waals surface area contributed by atoms with Gasteiger partial charge in [-0.05, 0) is 95.2 Å². The molecule has 4 fully saturated rings. The quantitative estimate of drug-likeness (QED) is 0.0528. The van der Waals surface area contributed by atoms with Crippen LogP contribution < -0.4 is 37.3 Å². The topological polar surface area (TPSA) is 420 Å². The van der Waals surface area contributed by atoms with Gasteiger partial charge in [-0.15, -0.1) is 28.7 Å². The molecule has 10 amide bonds. The summed E-state index contributed by atoms with van der Waals surface area (Å²) in [5, 5.41) is 73.8. The molecular formula is C52H71N13O17S2-2. The molecule has 32 heteroatoms. The van der Waals surface area contributed by atoms with Crippen LogP contribution in [0.25, 0.3) is 10.9 Å². The molecule has 1 aliphatic carbocycles. The van der Waals surface area contributed by atoms with E-state index >= 15 is 0 Å². The third-order valence-electron chi connectivity index (χ3n) is 15.7. The van der Waals surface area contributed by atoms with Crippen molar-refractivity contribution in [3.63, 3.8) is 0 Å². The molecule has 0 radical (unpaired) electrons. The number of aliphatic hydroxyl groups excluding tert-OH is 2. The second kappa shape index (κ2) is 27.2. The maximum atomic E-state index is 14.7. The minimum Gasteiger partial charge on any atom is -0.767 e. The Hall–Kier alpha value is -6.65. The first kappa shape index (κ1) is 63.4. The molecule has 2 aromatic rings. The Morgan fingerprint density at radius 2 is 1.50 bits per heavy atom. The summed E-state index contributed by atoms with van der Waals surface area (Å²) in [6.45, 7) is 4.01. The zero-order chi connectivity index (χ0) is 60.9. The zero-order valence-corrected chi connectivity index (χ0v) is 48.3. The molecule has 3 saturated heterocycles. The van der Waals surface area contributed by atoms with Crippen molar-refractivity contribution in [3.05, 3.63) is 34.2 Å². The highest BCUT2D eigenvalue weighted by molar-refractivity contribution is 8.00. The van der Waals surface area contributed by atoms with E-state index in [1.165, 1.54) is 44.4 Å². The van der Waals surface area contributed by atoms with Gasteiger partial charge >= 0.3 is 5.97 Å². The van der Waals surface area contributed by atoms with Gasteiger partial charge in [0.2, 0.25) is 53.2 Å². The van der Waals surface area contributed by atoms with Gasteiger partial charge < -0.3 is 77.8 Å². The van der Waals surface area contributed by atoms with Crippen molar-refractivity contribution in [2.45, 2.75) is 156 Å². The molecular weight excluding hydrogens is 1140 g/mol. The number of fused-ring (bicyclic) bond motifs is 5. The normalized spacial score (nSPS) is 29.8. The summed E-state index contributed by atoms with van der Waals surface area (Å²) in [6.07, 6.45) is -0.298. The number of hydrogen-bond donors (Lipinski definition) is 11. The molecule has 8 rings (SSSR count). The molecule has 1 unspecified atom stereocenters. The van der Waals surface area contributed by atoms with E-state index in [0.717, 1.165) is 16.7 Å². The van der Waals surface area contributed by atoms with Gasteiger partial charge in [-0.2, -0.15) is 0 Å². The van der Waals surface area contributed by atoms with E-state index in [4.69, 9.17) is 4.84 Å². The van der Waals surface area contributed by atoms with Crippen LogP contribution >= 0.6 is 23.5 Å². The standard InChI is InChI=1S/C52H71N13O17S2/c1-25-42(70)53-26(2)44(72)58-37-23-84-48-33(18-35(45(73)57-36(46(74)54-25)20-52(4,79)24-66)56-43(71)27(3)55-47(75)38-17-31(67)22-61(38)49(37)76)32-16-30(10-11-34(32)59-48)60-63(80)13-5-15-83-39-19-41(69)62(50(39)77)21-28-6-8-29(9-7-28)51(78)82-65-40(68)12-14-64(65)81/h10-11,16,25-29,31,35-39,59-60,66-67,79H,5-9,12-15,17-24H2,1-4H3,(H,53,70)(H,54,74)(H,55,75)(H,56,71)(H,57,73)(H,58,72)/q-2/t25-,26+,27-,28?,29?,31+,35-,36-,37+,38-,39?,52+/m0/s1. The average Bonchev–Trinajstić information content (AvgIpc) is 4.00. The van der Waals surface area contributed by atoms with Crippen LogP contribution in [0.4, 0.5) is 5.69 Å². The van der Waals surface area contributed by atoms with Gasteiger partial charge in [-0.25, -0.2) is 4.79 Å². The van der Waals surface area contributed by atoms with Crippen LogP contribution in [0.1, 0.15) is 91.0 Å². The van der Waals surface area contributed by atoms with Crippen molar-refractivity contribution in [1.29, 1.82) is 0 Å². The number of anilines is 1. The number of aliphatic hydroxyl groups is 3. The SMILES string of the molecule is C[C@@H]1NC(=O)[C@H](C[C@@](C)(O)CO)NC(=O)[C@@H]2Cc3c([nH]c4ccc(NN([O-])CCCSC5CC(=O)N(CC6CCC(C(=O)ON7C(=O)CCN7[O-])CC6)C5=O)cc34)SC[C@@H](NC(=O)[C@@H](C)NC1=O)C(=O)N1C[C@H](O)C[C@H]1C(=O)N[C@@H](C)C(=O)N2. The zero-order valence-electron chi connectivity index (χ0n) is 46.7. The Balaban J connectivity index is 0.991. The summed E-state index contributed by atoms with van der Waals surface area (Å²) in [6, 6.07) is -5.17. The van der Waals surface area contributed by atoms with Crippen LogP contribution in [0.2, 0.25) is 0 Å². The summed E-state index contributed by atoms with van der Waals surface area (Å²) < 4.78 is 0. The van der Waals surface area contributed by atoms with Crippen LogP contribution in [-0.2, 0) is 64.0 Å². The van der Waals surface area contributed by atoms with E-state index in [1.807, 2.05) is 0 Å². The summed E-state index contributed by atoms with van der Waals surface area (Å²) in [5.41, 5.74) is 1.89. The van der Waals surface area contributed by atoms with Crippen molar-refractivity contribution in [2.24, 2.45) is 11.8 Å². The Morgan fingerprint density at radius 1 is 0.845 bits per heavy atom. The molecule has 30 nitrogen and oxygen atoms in total. The first-order valence-electron chi connectivity index (χ1n) is 27.9. The first-order valence-corrected chi connectivity index (χ1v) is 29.9. The van der Waals surface area contributed by atoms with Gasteiger partial charge in [0.1, 0.15) is 42.3 Å². The van der Waals surface area contributed by atoms with Crippen LogP contribution in [0.15, 0.2) is 23.2 Å². The molecule has 11 N–H and O–H groups in total. The van der Waals surface area contributed by atoms with Gasteiger partial charge in [0.15, 0.2) is 0 Å². The minimum absolute atomic E-state index is 0.0182. The Kier molecular flexibility index (Phi) is 20.5. The van der Waals surface area contributed by atoms with Crippen molar-refractivity contribution < 1.29 is 72.9 Å². The van der Waals surface area contributed by atoms with Crippen LogP contribution in [0.3, 0.4) is 0 Å². The number of carbonyl (C=O) groups excluding carboxylic acids is 11. The minimum atomic E-state index is -1.96. The van der Waals surface area contributed by atoms with E-state index in [-0.39, 0.29) is 87.5 Å². The second-order valence-electron chi connectivity index (χ2n) is 22.4. The summed E-state index contributed by atoms with van der Waals surface area (Å²) >= 11 is 2.27. The molecule has 5 aliphatic heterocycles. The fourth-order valence-corrected chi connectivity index (χ4v) is 13.0. The molecule has 6 heterocycles. The number of aromatic amines is 1.